The normalized spacial score (nSPS) is 20.8. The molecule has 1 aliphatic heterocycles. The van der Waals surface area contributed by atoms with Crippen LogP contribution in [0.25, 0.3) is 0 Å². The number of piperidine rings is 1. The van der Waals surface area contributed by atoms with Gasteiger partial charge in [0, 0.05) is 27.2 Å². The zero-order valence-electron chi connectivity index (χ0n) is 15.3. The maximum absolute atomic E-state index is 12.8. The van der Waals surface area contributed by atoms with Crippen molar-refractivity contribution in [1.82, 2.24) is 10.2 Å². The molecule has 0 aromatic heterocycles. The fraction of sp³-hybridized carbons (Fsp3) is 0.579. The molecule has 0 saturated carbocycles. The van der Waals surface area contributed by atoms with E-state index in [1.807, 2.05) is 37.3 Å². The fourth-order valence-corrected chi connectivity index (χ4v) is 3.22. The highest BCUT2D eigenvalue weighted by molar-refractivity contribution is 5.92. The lowest BCUT2D eigenvalue weighted by Gasteiger charge is -2.44. The molecule has 0 spiro atoms. The van der Waals surface area contributed by atoms with E-state index in [0.717, 1.165) is 6.42 Å². The number of nitrogens with zero attached hydrogens (tertiary/aromatic N) is 1. The first-order valence-electron chi connectivity index (χ1n) is 8.69. The predicted octanol–water partition coefficient (Wildman–Crippen LogP) is 1.74. The number of nitrogens with one attached hydrogen (secondary N) is 1. The first kappa shape index (κ1) is 19.4. The van der Waals surface area contributed by atoms with Gasteiger partial charge in [-0.3, -0.25) is 9.59 Å². The number of likely N-dealkylation sites (tertiary alicyclic amines) is 1. The van der Waals surface area contributed by atoms with Crippen LogP contribution in [0.3, 0.4) is 0 Å². The summed E-state index contributed by atoms with van der Waals surface area (Å²) >= 11 is 0. The van der Waals surface area contributed by atoms with Crippen molar-refractivity contribution in [2.75, 3.05) is 27.3 Å². The van der Waals surface area contributed by atoms with E-state index in [1.165, 1.54) is 19.8 Å². The van der Waals surface area contributed by atoms with E-state index >= 15 is 0 Å². The quantitative estimate of drug-likeness (QED) is 0.727. The molecule has 1 aromatic carbocycles. The van der Waals surface area contributed by atoms with Crippen LogP contribution in [0, 0.1) is 0 Å². The number of hydrogen-bond acceptors (Lipinski definition) is 4. The summed E-state index contributed by atoms with van der Waals surface area (Å²) in [5.41, 5.74) is 0.296. The topological polar surface area (TPSA) is 67.9 Å². The fourth-order valence-electron chi connectivity index (χ4n) is 3.22. The first-order valence-corrected chi connectivity index (χ1v) is 8.69. The van der Waals surface area contributed by atoms with E-state index in [-0.39, 0.29) is 18.4 Å². The van der Waals surface area contributed by atoms with Crippen molar-refractivity contribution in [2.24, 2.45) is 0 Å². The molecule has 1 atom stereocenters. The molecule has 0 radical (unpaired) electrons. The molecule has 1 heterocycles. The number of ether oxygens (including phenoxy) is 2. The van der Waals surface area contributed by atoms with E-state index in [0.29, 0.717) is 25.8 Å². The second-order valence-corrected chi connectivity index (χ2v) is 6.52. The number of rotatable bonds is 8. The summed E-state index contributed by atoms with van der Waals surface area (Å²) in [6.07, 6.45) is 2.01. The zero-order chi connectivity index (χ0) is 18.3. The van der Waals surface area contributed by atoms with Crippen molar-refractivity contribution in [3.05, 3.63) is 35.9 Å². The molecule has 1 fully saturated rings. The number of carbonyl (C=O) groups excluding carboxylic acids is 2. The Balaban J connectivity index is 2.01. The average Bonchev–Trinajstić information content (AvgIpc) is 2.62. The molecule has 1 unspecified atom stereocenters. The van der Waals surface area contributed by atoms with Crippen LogP contribution < -0.4 is 5.32 Å². The average molecular weight is 348 g/mol. The molecule has 1 aromatic rings. The van der Waals surface area contributed by atoms with Crippen LogP contribution >= 0.6 is 0 Å². The maximum atomic E-state index is 12.8. The minimum atomic E-state index is -0.874. The Kier molecular flexibility index (Phi) is 6.96. The predicted molar refractivity (Wildman–Crippen MR) is 94.9 cm³/mol. The second kappa shape index (κ2) is 8.97. The molecule has 1 aliphatic rings. The summed E-state index contributed by atoms with van der Waals surface area (Å²) in [5, 5.41) is 2.99. The van der Waals surface area contributed by atoms with Gasteiger partial charge in [0.2, 0.25) is 11.8 Å². The van der Waals surface area contributed by atoms with E-state index < -0.39 is 11.8 Å². The van der Waals surface area contributed by atoms with Crippen LogP contribution in [0.2, 0.25) is 0 Å². The summed E-state index contributed by atoms with van der Waals surface area (Å²) < 4.78 is 10.4. The SMILES string of the molecule is COC(CN1C(=O)CCCC1(C)C(=O)NCCc1ccccc1)OC. The van der Waals surface area contributed by atoms with Gasteiger partial charge in [-0.15, -0.1) is 0 Å². The molecule has 0 aliphatic carbocycles. The molecule has 1 saturated heterocycles. The van der Waals surface area contributed by atoms with Crippen molar-refractivity contribution in [3.63, 3.8) is 0 Å². The van der Waals surface area contributed by atoms with Crippen molar-refractivity contribution in [2.45, 2.75) is 44.4 Å². The summed E-state index contributed by atoms with van der Waals surface area (Å²) in [5.74, 6) is -0.159. The Morgan fingerprint density at radius 3 is 2.60 bits per heavy atom. The third-order valence-corrected chi connectivity index (χ3v) is 4.84. The molecule has 6 heteroatoms. The lowest BCUT2D eigenvalue weighted by Crippen LogP contribution is -2.62. The molecular formula is C19H28N2O4. The molecule has 1 N–H and O–H groups in total. The molecule has 0 bridgehead atoms. The standard InChI is InChI=1S/C19H28N2O4/c1-19(18(23)20-13-11-15-8-5-4-6-9-15)12-7-10-16(22)21(19)14-17(24-2)25-3/h4-6,8-9,17H,7,10-14H2,1-3H3,(H,20,23). The van der Waals surface area contributed by atoms with Gasteiger partial charge >= 0.3 is 0 Å². The van der Waals surface area contributed by atoms with Crippen LogP contribution in [0.4, 0.5) is 0 Å². The first-order chi connectivity index (χ1) is 12.0. The smallest absolute Gasteiger partial charge is 0.245 e. The zero-order valence-corrected chi connectivity index (χ0v) is 15.3. The highest BCUT2D eigenvalue weighted by Crippen LogP contribution is 2.29. The van der Waals surface area contributed by atoms with Crippen molar-refractivity contribution >= 4 is 11.8 Å². The summed E-state index contributed by atoms with van der Waals surface area (Å²) in [6, 6.07) is 10.0. The third-order valence-electron chi connectivity index (χ3n) is 4.84. The molecule has 2 amide bonds. The third kappa shape index (κ3) is 4.80. The highest BCUT2D eigenvalue weighted by atomic mass is 16.7. The Morgan fingerprint density at radius 2 is 1.96 bits per heavy atom. The van der Waals surface area contributed by atoms with Crippen molar-refractivity contribution in [1.29, 1.82) is 0 Å². The van der Waals surface area contributed by atoms with Crippen LogP contribution in [-0.2, 0) is 25.5 Å². The minimum absolute atomic E-state index is 0.0361. The Bertz CT molecular complexity index is 574. The Labute approximate surface area is 149 Å². The summed E-state index contributed by atoms with van der Waals surface area (Å²) in [4.78, 5) is 26.9. The van der Waals surface area contributed by atoms with Crippen molar-refractivity contribution < 1.29 is 19.1 Å². The minimum Gasteiger partial charge on any atom is -0.354 e. The Hall–Kier alpha value is -1.92. The monoisotopic (exact) mass is 348 g/mol. The number of hydrogen-bond donors (Lipinski definition) is 1. The molecule has 6 nitrogen and oxygen atoms in total. The molecular weight excluding hydrogens is 320 g/mol. The number of carbonyl (C=O) groups is 2. The van der Waals surface area contributed by atoms with Crippen LogP contribution in [0.15, 0.2) is 30.3 Å². The van der Waals surface area contributed by atoms with Crippen LogP contribution in [0.5, 0.6) is 0 Å². The van der Waals surface area contributed by atoms with Gasteiger partial charge < -0.3 is 19.7 Å². The van der Waals surface area contributed by atoms with E-state index in [4.69, 9.17) is 9.47 Å². The van der Waals surface area contributed by atoms with Gasteiger partial charge in [-0.1, -0.05) is 30.3 Å². The number of methoxy groups -OCH3 is 2. The highest BCUT2D eigenvalue weighted by Gasteiger charge is 2.45. The van der Waals surface area contributed by atoms with E-state index in [2.05, 4.69) is 5.32 Å². The van der Waals surface area contributed by atoms with Gasteiger partial charge in [0.05, 0.1) is 6.54 Å². The van der Waals surface area contributed by atoms with Gasteiger partial charge in [-0.25, -0.2) is 0 Å². The van der Waals surface area contributed by atoms with Gasteiger partial charge in [-0.05, 0) is 31.7 Å². The van der Waals surface area contributed by atoms with E-state index in [9.17, 15) is 9.59 Å². The summed E-state index contributed by atoms with van der Waals surface area (Å²) in [6.45, 7) is 2.61. The Morgan fingerprint density at radius 1 is 1.28 bits per heavy atom. The van der Waals surface area contributed by atoms with E-state index in [1.54, 1.807) is 4.90 Å². The lowest BCUT2D eigenvalue weighted by atomic mass is 9.87. The largest absolute Gasteiger partial charge is 0.354 e. The number of amides is 2. The maximum Gasteiger partial charge on any atom is 0.245 e. The van der Waals surface area contributed by atoms with Gasteiger partial charge in [0.1, 0.15) is 5.54 Å². The van der Waals surface area contributed by atoms with Gasteiger partial charge in [-0.2, -0.15) is 0 Å². The summed E-state index contributed by atoms with van der Waals surface area (Å²) in [7, 11) is 3.06. The molecule has 2 rings (SSSR count). The van der Waals surface area contributed by atoms with Crippen LogP contribution in [-0.4, -0.2) is 55.9 Å². The van der Waals surface area contributed by atoms with Gasteiger partial charge in [0.25, 0.3) is 0 Å². The van der Waals surface area contributed by atoms with Gasteiger partial charge in [0.15, 0.2) is 6.29 Å². The van der Waals surface area contributed by atoms with Crippen molar-refractivity contribution in [3.8, 4) is 0 Å². The number of benzene rings is 1. The molecule has 25 heavy (non-hydrogen) atoms. The molecule has 138 valence electrons. The van der Waals surface area contributed by atoms with Crippen LogP contribution in [0.1, 0.15) is 31.7 Å². The second-order valence-electron chi connectivity index (χ2n) is 6.52. The lowest BCUT2D eigenvalue weighted by molar-refractivity contribution is -0.166.